The van der Waals surface area contributed by atoms with Crippen LogP contribution >= 0.6 is 0 Å². The molecule has 0 radical (unpaired) electrons. The molecule has 0 bridgehead atoms. The molecule has 0 aliphatic heterocycles. The molecule has 3 heteroatoms. The molecule has 0 aliphatic carbocycles. The third-order valence-electron chi connectivity index (χ3n) is 2.90. The normalized spacial score (nSPS) is 9.27. The molecule has 0 fully saturated rings. The van der Waals surface area contributed by atoms with Crippen LogP contribution in [-0.4, -0.2) is 6.71 Å². The molecule has 0 unspecified atom stereocenters. The summed E-state index contributed by atoms with van der Waals surface area (Å²) in [4.78, 5) is 14.0. The lowest BCUT2D eigenvalue weighted by atomic mass is 9.41. The van der Waals surface area contributed by atoms with E-state index in [0.29, 0.717) is 0 Å². The van der Waals surface area contributed by atoms with Crippen LogP contribution in [0.3, 0.4) is 0 Å². The molecular weight excluding hydrogens is 187 g/mol. The van der Waals surface area contributed by atoms with Gasteiger partial charge in [-0.1, -0.05) is 78.3 Å². The first-order chi connectivity index (χ1) is 7.35. The van der Waals surface area contributed by atoms with E-state index < -0.39 is 0 Å². The van der Waals surface area contributed by atoms with Gasteiger partial charge in [0, 0.05) is 9.93 Å². The molecule has 0 heterocycles. The fourth-order valence-corrected chi connectivity index (χ4v) is 1.91. The van der Waals surface area contributed by atoms with Crippen LogP contribution in [0, 0.1) is 9.93 Å². The molecule has 0 aromatic heterocycles. The van der Waals surface area contributed by atoms with Crippen LogP contribution in [0.25, 0.3) is 0 Å². The average Bonchev–Trinajstić information content (AvgIpc) is 2.31. The summed E-state index contributed by atoms with van der Waals surface area (Å²) < 4.78 is 0. The Balaban J connectivity index is 0. The predicted molar refractivity (Wildman–Crippen MR) is 71.6 cm³/mol. The Bertz CT molecular complexity index is 90.8. The van der Waals surface area contributed by atoms with Crippen molar-refractivity contribution in [3.8, 4) is 0 Å². The summed E-state index contributed by atoms with van der Waals surface area (Å²) in [6.07, 6.45) is 12.9. The van der Waals surface area contributed by atoms with Gasteiger partial charge >= 0.3 is 0 Å². The highest BCUT2D eigenvalue weighted by Crippen LogP contribution is 2.16. The van der Waals surface area contributed by atoms with Gasteiger partial charge in [-0.25, -0.2) is 0 Å². The van der Waals surface area contributed by atoms with Gasteiger partial charge in [0.05, 0.1) is 0 Å². The van der Waals surface area contributed by atoms with Crippen LogP contribution in [0.5, 0.6) is 0 Å². The highest BCUT2D eigenvalue weighted by molar-refractivity contribution is 6.58. The molecule has 0 rings (SSSR count). The first-order valence-electron chi connectivity index (χ1n) is 6.51. The van der Waals surface area contributed by atoms with Crippen LogP contribution in [0.1, 0.15) is 59.3 Å². The maximum atomic E-state index is 7.00. The second kappa shape index (κ2) is 16.1. The minimum atomic E-state index is 1.04. The first-order valence-corrected chi connectivity index (χ1v) is 6.51. The summed E-state index contributed by atoms with van der Waals surface area (Å²) >= 11 is 0. The van der Waals surface area contributed by atoms with Crippen molar-refractivity contribution < 1.29 is 0 Å². The lowest BCUT2D eigenvalue weighted by Gasteiger charge is -2.11. The van der Waals surface area contributed by atoms with Crippen molar-refractivity contribution in [3.05, 3.63) is 9.93 Å². The molecule has 2 nitrogen and oxygen atoms in total. The molecule has 0 saturated heterocycles. The molecule has 0 atom stereocenters. The third-order valence-corrected chi connectivity index (χ3v) is 2.90. The molecule has 0 aromatic rings. The molecule has 0 saturated carbocycles. The standard InChI is InChI=1S/C12H27B.O2/c1-4-7-10-13(11-8-5-2)12-9-6-3;1-2/h4-12H2,1-3H3;. The molecule has 0 N–H and O–H groups in total. The minimum Gasteiger partial charge on any atom is -0.0742 e. The lowest BCUT2D eigenvalue weighted by Crippen LogP contribution is -2.11. The number of rotatable bonds is 9. The summed E-state index contributed by atoms with van der Waals surface area (Å²) in [6.45, 7) is 7.95. The number of hydrogen-bond donors (Lipinski definition) is 0. The summed E-state index contributed by atoms with van der Waals surface area (Å²) in [5.74, 6) is 0. The Hall–Kier alpha value is -0.335. The maximum absolute atomic E-state index is 7.00. The van der Waals surface area contributed by atoms with Crippen LogP contribution in [-0.2, 0) is 0 Å². The van der Waals surface area contributed by atoms with E-state index in [0.717, 1.165) is 6.71 Å². The van der Waals surface area contributed by atoms with Crippen LogP contribution in [0.4, 0.5) is 0 Å². The second-order valence-electron chi connectivity index (χ2n) is 4.29. The van der Waals surface area contributed by atoms with E-state index in [-0.39, 0.29) is 0 Å². The van der Waals surface area contributed by atoms with E-state index in [1.807, 2.05) is 0 Å². The fraction of sp³-hybridized carbons (Fsp3) is 1.00. The Labute approximate surface area is 95.5 Å². The van der Waals surface area contributed by atoms with Gasteiger partial charge < -0.3 is 0 Å². The molecule has 15 heavy (non-hydrogen) atoms. The zero-order chi connectivity index (χ0) is 11.9. The summed E-state index contributed by atoms with van der Waals surface area (Å²) in [7, 11) is 0. The highest BCUT2D eigenvalue weighted by Gasteiger charge is 2.10. The topological polar surface area (TPSA) is 34.1 Å². The van der Waals surface area contributed by atoms with Crippen LogP contribution in [0.2, 0.25) is 19.0 Å². The molecular formula is C12H27BO2. The monoisotopic (exact) mass is 214 g/mol. The van der Waals surface area contributed by atoms with E-state index in [9.17, 15) is 0 Å². The van der Waals surface area contributed by atoms with Crippen LogP contribution in [0.15, 0.2) is 0 Å². The molecule has 0 aromatic carbocycles. The second-order valence-corrected chi connectivity index (χ2v) is 4.29. The number of unbranched alkanes of at least 4 members (excludes halogenated alkanes) is 3. The van der Waals surface area contributed by atoms with E-state index in [1.54, 1.807) is 0 Å². The smallest absolute Gasteiger partial charge is 0.0742 e. The first kappa shape index (κ1) is 17.1. The quantitative estimate of drug-likeness (QED) is 0.509. The maximum Gasteiger partial charge on any atom is 0.139 e. The van der Waals surface area contributed by atoms with Gasteiger partial charge in [0.15, 0.2) is 0 Å². The van der Waals surface area contributed by atoms with Gasteiger partial charge in [0.1, 0.15) is 6.71 Å². The van der Waals surface area contributed by atoms with E-state index >= 15 is 0 Å². The zero-order valence-corrected chi connectivity index (χ0v) is 10.8. The highest BCUT2D eigenvalue weighted by atomic mass is 16.7. The van der Waals surface area contributed by atoms with E-state index in [1.165, 1.54) is 57.5 Å². The van der Waals surface area contributed by atoms with Gasteiger partial charge in [-0.15, -0.1) is 0 Å². The van der Waals surface area contributed by atoms with Crippen molar-refractivity contribution in [2.75, 3.05) is 0 Å². The van der Waals surface area contributed by atoms with Crippen molar-refractivity contribution in [2.45, 2.75) is 78.3 Å². The van der Waals surface area contributed by atoms with Crippen molar-refractivity contribution in [1.29, 1.82) is 0 Å². The van der Waals surface area contributed by atoms with Crippen molar-refractivity contribution >= 4 is 6.71 Å². The lowest BCUT2D eigenvalue weighted by molar-refractivity contribution is 0.812. The largest absolute Gasteiger partial charge is 0.139 e. The molecule has 0 spiro atoms. The molecule has 0 aliphatic rings. The Morgan fingerprint density at radius 3 is 1.13 bits per heavy atom. The Kier molecular flexibility index (Phi) is 18.3. The number of hydrogen-bond acceptors (Lipinski definition) is 2. The van der Waals surface area contributed by atoms with Gasteiger partial charge in [-0.2, -0.15) is 0 Å². The fourth-order valence-electron chi connectivity index (χ4n) is 1.91. The zero-order valence-electron chi connectivity index (χ0n) is 10.8. The van der Waals surface area contributed by atoms with E-state index in [4.69, 9.17) is 9.93 Å². The molecule has 90 valence electrons. The van der Waals surface area contributed by atoms with Crippen molar-refractivity contribution in [1.82, 2.24) is 0 Å². The van der Waals surface area contributed by atoms with Crippen molar-refractivity contribution in [2.24, 2.45) is 0 Å². The SMILES string of the molecule is CCCCB(CCCC)CCCC.O=O. The van der Waals surface area contributed by atoms with Gasteiger partial charge in [-0.3, -0.25) is 0 Å². The summed E-state index contributed by atoms with van der Waals surface area (Å²) in [5.41, 5.74) is 0. The molecule has 0 amide bonds. The van der Waals surface area contributed by atoms with Gasteiger partial charge in [0.2, 0.25) is 0 Å². The summed E-state index contributed by atoms with van der Waals surface area (Å²) in [6, 6.07) is 0. The van der Waals surface area contributed by atoms with Gasteiger partial charge in [-0.05, 0) is 0 Å². The van der Waals surface area contributed by atoms with Gasteiger partial charge in [0.25, 0.3) is 0 Å². The third kappa shape index (κ3) is 13.7. The summed E-state index contributed by atoms with van der Waals surface area (Å²) in [5, 5.41) is 0. The van der Waals surface area contributed by atoms with Crippen molar-refractivity contribution in [3.63, 3.8) is 0 Å². The van der Waals surface area contributed by atoms with E-state index in [2.05, 4.69) is 20.8 Å². The predicted octanol–water partition coefficient (Wildman–Crippen LogP) is 4.95. The average molecular weight is 214 g/mol. The van der Waals surface area contributed by atoms with Crippen LogP contribution < -0.4 is 0 Å². The minimum absolute atomic E-state index is 1.04. The Morgan fingerprint density at radius 1 is 0.667 bits per heavy atom. The Morgan fingerprint density at radius 2 is 0.933 bits per heavy atom.